The first kappa shape index (κ1) is 37.5. The molecule has 1 amide bonds. The summed E-state index contributed by atoms with van der Waals surface area (Å²) in [6.45, 7) is 0.517. The molecule has 5 aromatic rings. The Morgan fingerprint density at radius 3 is 2.39 bits per heavy atom. The Labute approximate surface area is 312 Å². The number of pyridine rings is 1. The number of fused-ring (bicyclic) bond motifs is 4. The van der Waals surface area contributed by atoms with Crippen molar-refractivity contribution in [2.75, 3.05) is 30.0 Å². The standard InChI is InChI=1S/C36H36ClF5N8O3S/c1-17(38)31-29-23-6-8-25(23)36(41,42)34(29)50(45-31)16-28(51)44-27(12-18-10-19(39)13-20(40)11-18)32-24(14-21(15-43-32)48(2)3)22-7-9-26(37)30-33(22)49(4)46-35(30)47-54(5,52)53/h7,9-11,13-15,17,23,25,27H,6,8,12,16H2,1-5H3,(H,44,51)(H,46,47). The van der Waals surface area contributed by atoms with Crippen LogP contribution in [-0.4, -0.2) is 59.2 Å². The van der Waals surface area contributed by atoms with Crippen LogP contribution in [0.15, 0.2) is 42.6 Å². The summed E-state index contributed by atoms with van der Waals surface area (Å²) in [5, 5.41) is 11.8. The largest absolute Gasteiger partial charge is 0.376 e. The number of nitrogens with zero attached hydrogens (tertiary/aromatic N) is 6. The number of benzene rings is 2. The molecule has 2 aliphatic carbocycles. The van der Waals surface area contributed by atoms with Gasteiger partial charge in [0.15, 0.2) is 5.82 Å². The van der Waals surface area contributed by atoms with Crippen LogP contribution in [0.2, 0.25) is 5.02 Å². The Hall–Kier alpha value is -4.77. The molecule has 0 spiro atoms. The number of aromatic nitrogens is 5. The Morgan fingerprint density at radius 2 is 1.78 bits per heavy atom. The van der Waals surface area contributed by atoms with E-state index >= 15 is 8.78 Å². The van der Waals surface area contributed by atoms with Crippen LogP contribution in [0.4, 0.5) is 33.5 Å². The van der Waals surface area contributed by atoms with Crippen LogP contribution in [0.1, 0.15) is 66.1 Å². The molecule has 286 valence electrons. The Balaban J connectivity index is 1.36. The lowest BCUT2D eigenvalue weighted by Gasteiger charge is -2.34. The van der Waals surface area contributed by atoms with Crippen LogP contribution in [0.3, 0.4) is 0 Å². The van der Waals surface area contributed by atoms with E-state index in [1.54, 1.807) is 44.2 Å². The van der Waals surface area contributed by atoms with Gasteiger partial charge in [-0.2, -0.15) is 19.0 Å². The number of carbonyl (C=O) groups is 1. The predicted octanol–water partition coefficient (Wildman–Crippen LogP) is 6.93. The number of halogens is 6. The number of hydrogen-bond donors (Lipinski definition) is 2. The zero-order chi connectivity index (χ0) is 39.0. The molecule has 1 fully saturated rings. The van der Waals surface area contributed by atoms with Gasteiger partial charge < -0.3 is 10.2 Å². The summed E-state index contributed by atoms with van der Waals surface area (Å²) in [7, 11) is 1.37. The molecule has 4 unspecified atom stereocenters. The zero-order valence-corrected chi connectivity index (χ0v) is 31.3. The lowest BCUT2D eigenvalue weighted by atomic mass is 9.72. The van der Waals surface area contributed by atoms with Crippen LogP contribution in [0.5, 0.6) is 0 Å². The highest BCUT2D eigenvalue weighted by Gasteiger charge is 2.62. The molecule has 3 aromatic heterocycles. The zero-order valence-electron chi connectivity index (χ0n) is 29.8. The normalized spacial score (nSPS) is 18.5. The highest BCUT2D eigenvalue weighted by Crippen LogP contribution is 2.63. The molecule has 1 saturated carbocycles. The van der Waals surface area contributed by atoms with Crippen molar-refractivity contribution in [2.24, 2.45) is 13.0 Å². The fourth-order valence-electron chi connectivity index (χ4n) is 7.68. The second kappa shape index (κ2) is 13.5. The minimum Gasteiger partial charge on any atom is -0.376 e. The van der Waals surface area contributed by atoms with Gasteiger partial charge in [-0.25, -0.2) is 21.6 Å². The van der Waals surface area contributed by atoms with Crippen LogP contribution < -0.4 is 14.9 Å². The first-order valence-corrected chi connectivity index (χ1v) is 19.3. The maximum absolute atomic E-state index is 15.7. The molecule has 3 heterocycles. The first-order chi connectivity index (χ1) is 25.3. The molecule has 0 saturated heterocycles. The fraction of sp³-hybridized carbons (Fsp3) is 0.389. The van der Waals surface area contributed by atoms with E-state index in [2.05, 4.69) is 20.2 Å². The summed E-state index contributed by atoms with van der Waals surface area (Å²) in [6.07, 6.45) is 1.39. The molecule has 2 N–H and O–H groups in total. The van der Waals surface area contributed by atoms with Gasteiger partial charge >= 0.3 is 0 Å². The molecular weight excluding hydrogens is 755 g/mol. The predicted molar refractivity (Wildman–Crippen MR) is 194 cm³/mol. The van der Waals surface area contributed by atoms with Gasteiger partial charge in [-0.3, -0.25) is 23.9 Å². The lowest BCUT2D eigenvalue weighted by Crippen LogP contribution is -2.36. The minimum absolute atomic E-state index is 0.0285. The molecule has 0 bridgehead atoms. The Morgan fingerprint density at radius 1 is 1.07 bits per heavy atom. The molecule has 0 radical (unpaired) electrons. The van der Waals surface area contributed by atoms with E-state index in [1.165, 1.54) is 17.8 Å². The van der Waals surface area contributed by atoms with Gasteiger partial charge in [-0.1, -0.05) is 17.7 Å². The van der Waals surface area contributed by atoms with E-state index in [0.29, 0.717) is 34.8 Å². The number of nitrogens with one attached hydrogen (secondary N) is 2. The third-order valence-corrected chi connectivity index (χ3v) is 11.0. The maximum Gasteiger partial charge on any atom is 0.293 e. The Bertz CT molecular complexity index is 2410. The summed E-state index contributed by atoms with van der Waals surface area (Å²) < 4.78 is 104. The van der Waals surface area contributed by atoms with E-state index in [9.17, 15) is 26.4 Å². The van der Waals surface area contributed by atoms with Gasteiger partial charge in [-0.15, -0.1) is 0 Å². The number of rotatable bonds is 11. The number of carbonyl (C=O) groups excluding carboxylic acids is 1. The first-order valence-electron chi connectivity index (χ1n) is 17.0. The van der Waals surface area contributed by atoms with Crippen molar-refractivity contribution >= 4 is 49.9 Å². The van der Waals surface area contributed by atoms with E-state index in [0.717, 1.165) is 23.1 Å². The minimum atomic E-state index is -3.77. The molecule has 11 nitrogen and oxygen atoms in total. The Kier molecular flexibility index (Phi) is 9.39. The monoisotopic (exact) mass is 790 g/mol. The van der Waals surface area contributed by atoms with Gasteiger partial charge in [0.1, 0.15) is 35.7 Å². The van der Waals surface area contributed by atoms with Gasteiger partial charge in [0, 0.05) is 49.8 Å². The number of sulfonamides is 1. The van der Waals surface area contributed by atoms with Crippen molar-refractivity contribution in [1.82, 2.24) is 29.9 Å². The van der Waals surface area contributed by atoms with Crippen molar-refractivity contribution in [3.63, 3.8) is 0 Å². The second-order valence-corrected chi connectivity index (χ2v) is 16.3. The average molecular weight is 791 g/mol. The van der Waals surface area contributed by atoms with Crippen molar-refractivity contribution < 1.29 is 35.2 Å². The van der Waals surface area contributed by atoms with Crippen molar-refractivity contribution in [1.29, 1.82) is 0 Å². The molecule has 2 aromatic carbocycles. The molecular formula is C36H36ClF5N8O3S. The third-order valence-electron chi connectivity index (χ3n) is 10.1. The van der Waals surface area contributed by atoms with Gasteiger partial charge in [-0.05, 0) is 61.9 Å². The third kappa shape index (κ3) is 6.65. The average Bonchev–Trinajstić information content (AvgIpc) is 3.61. The summed E-state index contributed by atoms with van der Waals surface area (Å²) in [4.78, 5) is 20.5. The maximum atomic E-state index is 15.7. The van der Waals surface area contributed by atoms with E-state index in [-0.39, 0.29) is 51.6 Å². The van der Waals surface area contributed by atoms with Gasteiger partial charge in [0.2, 0.25) is 15.9 Å². The number of alkyl halides is 3. The lowest BCUT2D eigenvalue weighted by molar-refractivity contribution is -0.123. The smallest absolute Gasteiger partial charge is 0.293 e. The van der Waals surface area contributed by atoms with Crippen LogP contribution >= 0.6 is 11.6 Å². The number of aryl methyl sites for hydroxylation is 1. The molecule has 7 rings (SSSR count). The SMILES string of the molecule is CC(F)c1nn(CC(=O)NC(Cc2cc(F)cc(F)c2)c2ncc(N(C)C)cc2-c2ccc(Cl)c3c(NS(C)(=O)=O)nn(C)c23)c2c1C1CCC1C2(F)F. The van der Waals surface area contributed by atoms with E-state index in [1.807, 2.05) is 0 Å². The molecule has 2 aliphatic rings. The van der Waals surface area contributed by atoms with E-state index < -0.39 is 69.8 Å². The molecule has 18 heteroatoms. The second-order valence-electron chi connectivity index (χ2n) is 14.1. The van der Waals surface area contributed by atoms with E-state index in [4.69, 9.17) is 16.6 Å². The van der Waals surface area contributed by atoms with Crippen molar-refractivity contribution in [3.05, 3.63) is 87.5 Å². The van der Waals surface area contributed by atoms with Crippen LogP contribution in [0.25, 0.3) is 22.0 Å². The highest BCUT2D eigenvalue weighted by molar-refractivity contribution is 7.92. The summed E-state index contributed by atoms with van der Waals surface area (Å²) in [6, 6.07) is 6.76. The quantitative estimate of drug-likeness (QED) is 0.139. The molecule has 0 aliphatic heterocycles. The van der Waals surface area contributed by atoms with Crippen molar-refractivity contribution in [3.8, 4) is 11.1 Å². The van der Waals surface area contributed by atoms with Crippen LogP contribution in [0, 0.1) is 17.6 Å². The molecule has 54 heavy (non-hydrogen) atoms. The van der Waals surface area contributed by atoms with Gasteiger partial charge in [0.05, 0.1) is 45.8 Å². The fourth-order valence-corrected chi connectivity index (χ4v) is 8.41. The number of hydrogen-bond acceptors (Lipinski definition) is 7. The topological polar surface area (TPSA) is 127 Å². The highest BCUT2D eigenvalue weighted by atomic mass is 35.5. The summed E-state index contributed by atoms with van der Waals surface area (Å²) in [5.41, 5.74) is 1.82. The summed E-state index contributed by atoms with van der Waals surface area (Å²) >= 11 is 6.61. The van der Waals surface area contributed by atoms with Crippen LogP contribution in [-0.2, 0) is 40.8 Å². The number of anilines is 2. The summed E-state index contributed by atoms with van der Waals surface area (Å²) in [5.74, 6) is -7.39. The van der Waals surface area contributed by atoms with Gasteiger partial charge in [0.25, 0.3) is 5.92 Å². The van der Waals surface area contributed by atoms with Crippen molar-refractivity contribution in [2.45, 2.75) is 56.8 Å². The molecule has 4 atom stereocenters. The number of amides is 1.